The molecule has 1 saturated heterocycles. The van der Waals surface area contributed by atoms with Gasteiger partial charge in [-0.2, -0.15) is 8.42 Å². The topological polar surface area (TPSA) is 80.5 Å². The average Bonchev–Trinajstić information content (AvgIpc) is 3.07. The van der Waals surface area contributed by atoms with E-state index in [-0.39, 0.29) is 18.9 Å². The van der Waals surface area contributed by atoms with Crippen LogP contribution in [0.2, 0.25) is 0 Å². The number of aromatic nitrogens is 1. The highest BCUT2D eigenvalue weighted by atomic mass is 32.3. The molecule has 1 aromatic heterocycles. The van der Waals surface area contributed by atoms with Crippen LogP contribution < -0.4 is 4.90 Å². The number of hydrogen-bond donors (Lipinski definition) is 0. The summed E-state index contributed by atoms with van der Waals surface area (Å²) in [4.78, 5) is 17.3. The summed E-state index contributed by atoms with van der Waals surface area (Å²) in [6.07, 6.45) is 2.94. The molecule has 0 spiro atoms. The summed E-state index contributed by atoms with van der Waals surface area (Å²) in [5, 5.41) is 0. The third kappa shape index (κ3) is 3.16. The highest BCUT2D eigenvalue weighted by molar-refractivity contribution is 7.86. The van der Waals surface area contributed by atoms with Crippen LogP contribution in [0.5, 0.6) is 0 Å². The number of anilines is 1. The van der Waals surface area contributed by atoms with Crippen LogP contribution in [0.4, 0.5) is 9.57 Å². The van der Waals surface area contributed by atoms with Crippen LogP contribution in [0.15, 0.2) is 41.3 Å². The van der Waals surface area contributed by atoms with Crippen LogP contribution in [-0.2, 0) is 15.0 Å². The van der Waals surface area contributed by atoms with Crippen molar-refractivity contribution in [2.24, 2.45) is 5.92 Å². The summed E-state index contributed by atoms with van der Waals surface area (Å²) >= 11 is 0. The molecule has 1 atom stereocenters. The van der Waals surface area contributed by atoms with Crippen LogP contribution in [0.25, 0.3) is 11.3 Å². The maximum Gasteiger partial charge on any atom is 0.302 e. The van der Waals surface area contributed by atoms with Gasteiger partial charge in [-0.1, -0.05) is 0 Å². The molecular formula is C14H13FN2O4S. The lowest BCUT2D eigenvalue weighted by molar-refractivity contribution is -0.117. The van der Waals surface area contributed by atoms with Gasteiger partial charge in [-0.05, 0) is 24.3 Å². The van der Waals surface area contributed by atoms with Gasteiger partial charge in [0, 0.05) is 30.1 Å². The van der Waals surface area contributed by atoms with Crippen molar-refractivity contribution in [3.05, 3.63) is 36.9 Å². The summed E-state index contributed by atoms with van der Waals surface area (Å²) in [5.74, 6) is -0.732. The second-order valence-corrected chi connectivity index (χ2v) is 6.60. The molecule has 1 amide bonds. The van der Waals surface area contributed by atoms with Crippen LogP contribution in [0.3, 0.4) is 0 Å². The van der Waals surface area contributed by atoms with E-state index in [1.165, 1.54) is 11.3 Å². The molecule has 1 fully saturated rings. The van der Waals surface area contributed by atoms with Crippen LogP contribution in [0, 0.1) is 5.92 Å². The second-order valence-electron chi connectivity index (χ2n) is 5.19. The first kappa shape index (κ1) is 14.7. The summed E-state index contributed by atoms with van der Waals surface area (Å²) in [6.45, 7) is 0.198. The first-order valence-electron chi connectivity index (χ1n) is 6.64. The summed E-state index contributed by atoms with van der Waals surface area (Å²) < 4.78 is 39.3. The Hall–Kier alpha value is -2.22. The first-order valence-corrected chi connectivity index (χ1v) is 8.19. The van der Waals surface area contributed by atoms with Crippen molar-refractivity contribution in [1.82, 2.24) is 4.98 Å². The molecule has 116 valence electrons. The fourth-order valence-corrected chi connectivity index (χ4v) is 3.37. The minimum Gasteiger partial charge on any atom is -0.444 e. The number of halogens is 1. The van der Waals surface area contributed by atoms with E-state index < -0.39 is 21.9 Å². The zero-order valence-electron chi connectivity index (χ0n) is 11.5. The predicted octanol–water partition coefficient (Wildman–Crippen LogP) is 1.99. The van der Waals surface area contributed by atoms with E-state index in [1.54, 1.807) is 30.5 Å². The fourth-order valence-electron chi connectivity index (χ4n) is 2.59. The zero-order valence-corrected chi connectivity index (χ0v) is 12.3. The molecule has 0 bridgehead atoms. The Morgan fingerprint density at radius 3 is 2.64 bits per heavy atom. The van der Waals surface area contributed by atoms with Crippen molar-refractivity contribution in [2.75, 3.05) is 17.2 Å². The molecule has 0 radical (unpaired) electrons. The third-order valence-electron chi connectivity index (χ3n) is 3.54. The minimum absolute atomic E-state index is 0.0347. The quantitative estimate of drug-likeness (QED) is 0.804. The molecule has 2 aromatic rings. The Kier molecular flexibility index (Phi) is 3.69. The molecule has 1 unspecified atom stereocenters. The Morgan fingerprint density at radius 1 is 1.32 bits per heavy atom. The first-order chi connectivity index (χ1) is 10.4. The minimum atomic E-state index is -4.57. The van der Waals surface area contributed by atoms with E-state index in [0.29, 0.717) is 11.4 Å². The van der Waals surface area contributed by atoms with Gasteiger partial charge in [-0.25, -0.2) is 4.98 Å². The van der Waals surface area contributed by atoms with Crippen molar-refractivity contribution in [3.63, 3.8) is 0 Å². The molecular weight excluding hydrogens is 311 g/mol. The molecule has 22 heavy (non-hydrogen) atoms. The van der Waals surface area contributed by atoms with Crippen molar-refractivity contribution >= 4 is 21.8 Å². The standard InChI is InChI=1S/C14H13FN2O4S/c15-22(19,20)8-10-5-14(18)17(7-10)12-3-1-11(2-4-12)13-6-16-9-21-13/h1-4,6,9-10H,5,7-8H2. The normalized spacial score (nSPS) is 18.9. The van der Waals surface area contributed by atoms with E-state index >= 15 is 0 Å². The average molecular weight is 324 g/mol. The number of oxazole rings is 1. The monoisotopic (exact) mass is 324 g/mol. The number of carbonyl (C=O) groups excluding carboxylic acids is 1. The van der Waals surface area contributed by atoms with Crippen molar-refractivity contribution in [1.29, 1.82) is 0 Å². The lowest BCUT2D eigenvalue weighted by Crippen LogP contribution is -2.25. The van der Waals surface area contributed by atoms with Gasteiger partial charge in [0.15, 0.2) is 12.2 Å². The Bertz CT molecular complexity index is 772. The van der Waals surface area contributed by atoms with Gasteiger partial charge in [-0.15, -0.1) is 3.89 Å². The highest BCUT2D eigenvalue weighted by Gasteiger charge is 2.33. The number of carbonyl (C=O) groups is 1. The van der Waals surface area contributed by atoms with Gasteiger partial charge in [0.1, 0.15) is 0 Å². The van der Waals surface area contributed by atoms with E-state index in [9.17, 15) is 17.1 Å². The number of hydrogen-bond acceptors (Lipinski definition) is 5. The van der Waals surface area contributed by atoms with E-state index in [0.717, 1.165) is 5.56 Å². The third-order valence-corrected chi connectivity index (χ3v) is 4.41. The summed E-state index contributed by atoms with van der Waals surface area (Å²) in [7, 11) is -4.57. The number of nitrogens with zero attached hydrogens (tertiary/aromatic N) is 2. The van der Waals surface area contributed by atoms with E-state index in [4.69, 9.17) is 4.42 Å². The van der Waals surface area contributed by atoms with Crippen LogP contribution in [0.1, 0.15) is 6.42 Å². The molecule has 0 saturated carbocycles. The number of amides is 1. The van der Waals surface area contributed by atoms with Crippen molar-refractivity contribution in [2.45, 2.75) is 6.42 Å². The SMILES string of the molecule is O=C1CC(CS(=O)(=O)F)CN1c1ccc(-c2cnco2)cc1. The van der Waals surface area contributed by atoms with Crippen molar-refractivity contribution in [3.8, 4) is 11.3 Å². The molecule has 0 N–H and O–H groups in total. The molecule has 2 heterocycles. The summed E-state index contributed by atoms with van der Waals surface area (Å²) in [5.41, 5.74) is 1.46. The Balaban J connectivity index is 1.76. The molecule has 8 heteroatoms. The van der Waals surface area contributed by atoms with Gasteiger partial charge in [0.05, 0.1) is 11.9 Å². The van der Waals surface area contributed by atoms with Gasteiger partial charge < -0.3 is 9.32 Å². The molecule has 0 aliphatic carbocycles. The van der Waals surface area contributed by atoms with Gasteiger partial charge in [0.25, 0.3) is 0 Å². The lowest BCUT2D eigenvalue weighted by atomic mass is 10.1. The molecule has 3 rings (SSSR count). The zero-order chi connectivity index (χ0) is 15.7. The van der Waals surface area contributed by atoms with E-state index in [2.05, 4.69) is 4.98 Å². The maximum atomic E-state index is 12.7. The molecule has 1 aliphatic rings. The molecule has 1 aromatic carbocycles. The number of rotatable bonds is 4. The largest absolute Gasteiger partial charge is 0.444 e. The maximum absolute atomic E-state index is 12.7. The molecule has 1 aliphatic heterocycles. The second kappa shape index (κ2) is 5.53. The van der Waals surface area contributed by atoms with Gasteiger partial charge in [0.2, 0.25) is 5.91 Å². The smallest absolute Gasteiger partial charge is 0.302 e. The van der Waals surface area contributed by atoms with Gasteiger partial charge >= 0.3 is 10.2 Å². The highest BCUT2D eigenvalue weighted by Crippen LogP contribution is 2.28. The Morgan fingerprint density at radius 2 is 2.05 bits per heavy atom. The lowest BCUT2D eigenvalue weighted by Gasteiger charge is -2.16. The van der Waals surface area contributed by atoms with Gasteiger partial charge in [-0.3, -0.25) is 4.79 Å². The van der Waals surface area contributed by atoms with E-state index in [1.807, 2.05) is 0 Å². The Labute approximate surface area is 126 Å². The number of benzene rings is 1. The van der Waals surface area contributed by atoms with Crippen molar-refractivity contribution < 1.29 is 21.5 Å². The molecule has 6 nitrogen and oxygen atoms in total. The van der Waals surface area contributed by atoms with Crippen LogP contribution >= 0.6 is 0 Å². The fraction of sp³-hybridized carbons (Fsp3) is 0.286. The summed E-state index contributed by atoms with van der Waals surface area (Å²) in [6, 6.07) is 7.04. The predicted molar refractivity (Wildman–Crippen MR) is 77.3 cm³/mol. The van der Waals surface area contributed by atoms with Crippen LogP contribution in [-0.4, -0.2) is 31.6 Å².